The van der Waals surface area contributed by atoms with Gasteiger partial charge in [0.2, 0.25) is 0 Å². The number of carbonyl (C=O) groups is 2. The van der Waals surface area contributed by atoms with Crippen molar-refractivity contribution < 1.29 is 14.3 Å². The zero-order chi connectivity index (χ0) is 20.9. The third-order valence-electron chi connectivity index (χ3n) is 4.29. The molecular formula is C23H17BrN2O3S. The third kappa shape index (κ3) is 4.93. The zero-order valence-electron chi connectivity index (χ0n) is 15.7. The largest absolute Gasteiger partial charge is 0.457 e. The Morgan fingerprint density at radius 1 is 0.933 bits per heavy atom. The van der Waals surface area contributed by atoms with Gasteiger partial charge >= 0.3 is 0 Å². The van der Waals surface area contributed by atoms with Crippen LogP contribution in [-0.4, -0.2) is 22.7 Å². The number of thioether (sulfide) groups is 1. The highest BCUT2D eigenvalue weighted by Gasteiger charge is 2.34. The Morgan fingerprint density at radius 3 is 2.40 bits per heavy atom. The summed E-state index contributed by atoms with van der Waals surface area (Å²) in [6, 6.07) is 24.4. The van der Waals surface area contributed by atoms with Gasteiger partial charge in [-0.1, -0.05) is 46.3 Å². The van der Waals surface area contributed by atoms with Crippen molar-refractivity contribution in [2.24, 2.45) is 0 Å². The number of anilines is 1. The van der Waals surface area contributed by atoms with Crippen molar-refractivity contribution in [2.45, 2.75) is 0 Å². The van der Waals surface area contributed by atoms with Crippen LogP contribution in [0.3, 0.4) is 0 Å². The van der Waals surface area contributed by atoms with Crippen molar-refractivity contribution in [3.63, 3.8) is 0 Å². The number of nitrogens with zero attached hydrogens (tertiary/aromatic N) is 1. The second kappa shape index (κ2) is 9.19. The quantitative estimate of drug-likeness (QED) is 0.416. The van der Waals surface area contributed by atoms with E-state index in [1.807, 2.05) is 78.9 Å². The highest BCUT2D eigenvalue weighted by atomic mass is 79.9. The van der Waals surface area contributed by atoms with Crippen molar-refractivity contribution >= 4 is 50.6 Å². The molecule has 1 fully saturated rings. The van der Waals surface area contributed by atoms with Crippen LogP contribution in [0.25, 0.3) is 6.08 Å². The number of imide groups is 1. The molecule has 0 bridgehead atoms. The van der Waals surface area contributed by atoms with E-state index in [4.69, 9.17) is 4.74 Å². The van der Waals surface area contributed by atoms with Gasteiger partial charge in [0.15, 0.2) is 0 Å². The van der Waals surface area contributed by atoms with E-state index in [0.29, 0.717) is 10.7 Å². The number of benzene rings is 3. The Hall–Kier alpha value is -3.03. The van der Waals surface area contributed by atoms with E-state index in [1.54, 1.807) is 6.08 Å². The molecule has 1 aliphatic heterocycles. The van der Waals surface area contributed by atoms with Crippen LogP contribution in [0, 0.1) is 0 Å². The Bertz CT molecular complexity index is 1100. The number of para-hydroxylation sites is 1. The molecule has 1 saturated heterocycles. The third-order valence-corrected chi connectivity index (χ3v) is 5.70. The second-order valence-electron chi connectivity index (χ2n) is 6.44. The van der Waals surface area contributed by atoms with Crippen LogP contribution in [0.2, 0.25) is 0 Å². The summed E-state index contributed by atoms with van der Waals surface area (Å²) in [5, 5.41) is 2.82. The van der Waals surface area contributed by atoms with Crippen LogP contribution >= 0.6 is 27.7 Å². The summed E-state index contributed by atoms with van der Waals surface area (Å²) in [4.78, 5) is 26.5. The first kappa shape index (κ1) is 20.3. The average Bonchev–Trinajstić information content (AvgIpc) is 3.01. The average molecular weight is 481 g/mol. The normalized spacial score (nSPS) is 15.0. The monoisotopic (exact) mass is 480 g/mol. The molecular weight excluding hydrogens is 464 g/mol. The highest BCUT2D eigenvalue weighted by molar-refractivity contribution is 9.10. The van der Waals surface area contributed by atoms with Crippen LogP contribution in [0.15, 0.2) is 88.2 Å². The molecule has 7 heteroatoms. The lowest BCUT2D eigenvalue weighted by molar-refractivity contribution is -0.122. The molecule has 0 spiro atoms. The lowest BCUT2D eigenvalue weighted by Gasteiger charge is -2.15. The minimum Gasteiger partial charge on any atom is -0.457 e. The van der Waals surface area contributed by atoms with Gasteiger partial charge in [-0.05, 0) is 71.9 Å². The van der Waals surface area contributed by atoms with E-state index in [2.05, 4.69) is 21.2 Å². The predicted molar refractivity (Wildman–Crippen MR) is 123 cm³/mol. The number of hydrogen-bond donors (Lipinski definition) is 1. The highest BCUT2D eigenvalue weighted by Crippen LogP contribution is 2.32. The van der Waals surface area contributed by atoms with Gasteiger partial charge in [0, 0.05) is 10.2 Å². The van der Waals surface area contributed by atoms with E-state index < -0.39 is 0 Å². The molecule has 0 radical (unpaired) electrons. The molecule has 30 heavy (non-hydrogen) atoms. The molecule has 0 aromatic heterocycles. The van der Waals surface area contributed by atoms with Gasteiger partial charge in [-0.25, -0.2) is 0 Å². The zero-order valence-corrected chi connectivity index (χ0v) is 18.2. The summed E-state index contributed by atoms with van der Waals surface area (Å²) >= 11 is 4.35. The fraction of sp³-hybridized carbons (Fsp3) is 0.0435. The van der Waals surface area contributed by atoms with Gasteiger partial charge in [-0.3, -0.25) is 14.5 Å². The Morgan fingerprint density at radius 2 is 1.67 bits per heavy atom. The van der Waals surface area contributed by atoms with E-state index >= 15 is 0 Å². The first-order valence-corrected chi connectivity index (χ1v) is 10.8. The van der Waals surface area contributed by atoms with Gasteiger partial charge < -0.3 is 10.1 Å². The standard InChI is InChI=1S/C23H17BrN2O3S/c24-17-6-4-5-16(13-17)14-21-22(27)26(23(28)30-21)15-25-18-9-11-20(12-10-18)29-19-7-2-1-3-8-19/h1-14,25H,15H2/b21-14-. The number of nitrogens with one attached hydrogen (secondary N) is 1. The second-order valence-corrected chi connectivity index (χ2v) is 8.35. The lowest BCUT2D eigenvalue weighted by atomic mass is 10.2. The molecule has 5 nitrogen and oxygen atoms in total. The molecule has 0 unspecified atom stereocenters. The predicted octanol–water partition coefficient (Wildman–Crippen LogP) is 6.35. The molecule has 150 valence electrons. The van der Waals surface area contributed by atoms with Gasteiger partial charge in [0.25, 0.3) is 11.1 Å². The molecule has 1 aliphatic rings. The number of ether oxygens (including phenoxy) is 1. The van der Waals surface area contributed by atoms with Crippen molar-refractivity contribution in [1.82, 2.24) is 4.90 Å². The summed E-state index contributed by atoms with van der Waals surface area (Å²) in [6.45, 7) is 0.0966. The summed E-state index contributed by atoms with van der Waals surface area (Å²) in [7, 11) is 0. The van der Waals surface area contributed by atoms with Gasteiger partial charge in [0.1, 0.15) is 11.5 Å². The molecule has 0 saturated carbocycles. The minimum atomic E-state index is -0.304. The summed E-state index contributed by atoms with van der Waals surface area (Å²) in [5.41, 5.74) is 1.64. The van der Waals surface area contributed by atoms with Crippen molar-refractivity contribution in [3.8, 4) is 11.5 Å². The van der Waals surface area contributed by atoms with E-state index in [-0.39, 0.29) is 17.8 Å². The molecule has 3 aromatic carbocycles. The Balaban J connectivity index is 1.37. The first-order valence-electron chi connectivity index (χ1n) is 9.16. The summed E-state index contributed by atoms with van der Waals surface area (Å²) in [6.07, 6.45) is 1.73. The smallest absolute Gasteiger partial charge is 0.295 e. The molecule has 2 amide bonds. The van der Waals surface area contributed by atoms with Crippen molar-refractivity contribution in [3.05, 3.63) is 93.8 Å². The lowest BCUT2D eigenvalue weighted by Crippen LogP contribution is -2.33. The molecule has 4 rings (SSSR count). The van der Waals surface area contributed by atoms with Crippen LogP contribution in [0.1, 0.15) is 5.56 Å². The number of hydrogen-bond acceptors (Lipinski definition) is 5. The van der Waals surface area contributed by atoms with Crippen LogP contribution in [0.4, 0.5) is 10.5 Å². The topological polar surface area (TPSA) is 58.6 Å². The van der Waals surface area contributed by atoms with Crippen molar-refractivity contribution in [1.29, 1.82) is 0 Å². The van der Waals surface area contributed by atoms with Gasteiger partial charge in [-0.2, -0.15) is 0 Å². The molecule has 0 atom stereocenters. The maximum absolute atomic E-state index is 12.6. The van der Waals surface area contributed by atoms with Crippen LogP contribution in [0.5, 0.6) is 11.5 Å². The van der Waals surface area contributed by atoms with E-state index in [0.717, 1.165) is 33.2 Å². The molecule has 1 heterocycles. The molecule has 3 aromatic rings. The first-order chi connectivity index (χ1) is 14.6. The summed E-state index contributed by atoms with van der Waals surface area (Å²) < 4.78 is 6.68. The van der Waals surface area contributed by atoms with Crippen molar-refractivity contribution in [2.75, 3.05) is 12.0 Å². The number of carbonyl (C=O) groups excluding carboxylic acids is 2. The van der Waals surface area contributed by atoms with Crippen LogP contribution in [-0.2, 0) is 4.79 Å². The SMILES string of the molecule is O=C1S/C(=C\c2cccc(Br)c2)C(=O)N1CNc1ccc(Oc2ccccc2)cc1. The Kier molecular flexibility index (Phi) is 6.21. The number of amides is 2. The fourth-order valence-corrected chi connectivity index (χ4v) is 4.08. The molecule has 0 aliphatic carbocycles. The Labute approximate surface area is 186 Å². The summed E-state index contributed by atoms with van der Waals surface area (Å²) in [5.74, 6) is 1.16. The minimum absolute atomic E-state index is 0.0966. The van der Waals surface area contributed by atoms with E-state index in [9.17, 15) is 9.59 Å². The number of rotatable bonds is 6. The van der Waals surface area contributed by atoms with E-state index in [1.165, 1.54) is 4.90 Å². The maximum Gasteiger partial charge on any atom is 0.295 e. The van der Waals surface area contributed by atoms with Gasteiger partial charge in [-0.15, -0.1) is 0 Å². The molecule has 1 N–H and O–H groups in total. The van der Waals surface area contributed by atoms with Gasteiger partial charge in [0.05, 0.1) is 11.6 Å². The fourth-order valence-electron chi connectivity index (χ4n) is 2.82. The number of halogens is 1. The van der Waals surface area contributed by atoms with Crippen LogP contribution < -0.4 is 10.1 Å². The maximum atomic E-state index is 12.6.